The second kappa shape index (κ2) is 26.2. The Morgan fingerprint density at radius 1 is 0.639 bits per heavy atom. The molecule has 4 atom stereocenters. The van der Waals surface area contributed by atoms with Gasteiger partial charge in [-0.1, -0.05) is 153 Å². The Kier molecular flexibility index (Phi) is 22.6. The van der Waals surface area contributed by atoms with Crippen LogP contribution >= 0.6 is 0 Å². The third-order valence-electron chi connectivity index (χ3n) is 11.3. The van der Waals surface area contributed by atoms with Crippen molar-refractivity contribution in [2.45, 2.75) is 151 Å². The van der Waals surface area contributed by atoms with Gasteiger partial charge in [0.2, 0.25) is 0 Å². The molecule has 0 fully saturated rings. The van der Waals surface area contributed by atoms with Gasteiger partial charge in [0.15, 0.2) is 11.9 Å². The van der Waals surface area contributed by atoms with Crippen LogP contribution in [0.2, 0.25) is 0 Å². The Morgan fingerprint density at radius 2 is 1.07 bits per heavy atom. The molecule has 2 aliphatic carbocycles. The Hall–Kier alpha value is -4.41. The first-order valence-electron chi connectivity index (χ1n) is 22.1. The van der Waals surface area contributed by atoms with Crippen molar-refractivity contribution in [2.24, 2.45) is 33.8 Å². The Labute approximate surface area is 368 Å². The van der Waals surface area contributed by atoms with Gasteiger partial charge in [-0.2, -0.15) is 0 Å². The van der Waals surface area contributed by atoms with Crippen LogP contribution in [0.5, 0.6) is 0 Å². The highest BCUT2D eigenvalue weighted by molar-refractivity contribution is 6.01. The van der Waals surface area contributed by atoms with E-state index >= 15 is 0 Å². The molecule has 2 rings (SSSR count). The molecule has 0 aromatic carbocycles. The summed E-state index contributed by atoms with van der Waals surface area (Å²) in [5, 5.41) is 0. The van der Waals surface area contributed by atoms with Gasteiger partial charge in [-0.25, -0.2) is 0 Å². The zero-order chi connectivity index (χ0) is 45.8. The first-order valence-corrected chi connectivity index (χ1v) is 22.1. The van der Waals surface area contributed by atoms with Crippen LogP contribution in [0.4, 0.5) is 0 Å². The zero-order valence-electron chi connectivity index (χ0n) is 39.0. The van der Waals surface area contributed by atoms with Crippen LogP contribution in [0, 0.1) is 10.8 Å². The van der Waals surface area contributed by atoms with E-state index in [1.165, 1.54) is 11.1 Å². The SMILES string of the molecule is CC1=C(/C=C/C(C)=C/C=C/C(C)=C/C=C/C=C(C)/C=C/C=C(C)/C=C/C2=C(C)C(=O)C(OC(=O)C(N)CCCCN)CC2(C)C)C(C)(C)CC(OC(=O)C(N)CCCCN)C1. The number of nitrogens with two attached hydrogens (primary N) is 4. The van der Waals surface area contributed by atoms with E-state index in [9.17, 15) is 14.4 Å². The number of hydrogen-bond acceptors (Lipinski definition) is 9. The lowest BCUT2D eigenvalue weighted by molar-refractivity contribution is -0.157. The van der Waals surface area contributed by atoms with Gasteiger partial charge < -0.3 is 32.4 Å². The molecule has 4 unspecified atom stereocenters. The second-order valence-corrected chi connectivity index (χ2v) is 18.2. The maximum absolute atomic E-state index is 13.2. The lowest BCUT2D eigenvalue weighted by Gasteiger charge is -2.37. The lowest BCUT2D eigenvalue weighted by Crippen LogP contribution is -2.42. The molecule has 0 aromatic rings. The van der Waals surface area contributed by atoms with E-state index in [1.54, 1.807) is 6.92 Å². The molecular formula is C52H78N4O5. The Bertz CT molecular complexity index is 1860. The highest BCUT2D eigenvalue weighted by Crippen LogP contribution is 2.43. The fourth-order valence-electron chi connectivity index (χ4n) is 7.73. The molecule has 0 heterocycles. The molecule has 0 aromatic heterocycles. The van der Waals surface area contributed by atoms with Crippen LogP contribution in [0.3, 0.4) is 0 Å². The molecule has 0 spiro atoms. The van der Waals surface area contributed by atoms with Crippen LogP contribution in [-0.2, 0) is 23.9 Å². The van der Waals surface area contributed by atoms with Crippen molar-refractivity contribution in [2.75, 3.05) is 13.1 Å². The van der Waals surface area contributed by atoms with Crippen LogP contribution < -0.4 is 22.9 Å². The summed E-state index contributed by atoms with van der Waals surface area (Å²) in [6.45, 7) is 21.9. The van der Waals surface area contributed by atoms with Gasteiger partial charge in [0.25, 0.3) is 0 Å². The van der Waals surface area contributed by atoms with Gasteiger partial charge in [0.05, 0.1) is 0 Å². The van der Waals surface area contributed by atoms with Crippen LogP contribution in [0.25, 0.3) is 0 Å². The van der Waals surface area contributed by atoms with Gasteiger partial charge in [0.1, 0.15) is 18.2 Å². The molecular weight excluding hydrogens is 761 g/mol. The maximum atomic E-state index is 13.2. The number of carbonyl (C=O) groups is 3. The summed E-state index contributed by atoms with van der Waals surface area (Å²) >= 11 is 0. The molecule has 2 aliphatic rings. The molecule has 0 saturated carbocycles. The molecule has 9 nitrogen and oxygen atoms in total. The monoisotopic (exact) mass is 839 g/mol. The second-order valence-electron chi connectivity index (χ2n) is 18.2. The summed E-state index contributed by atoms with van der Waals surface area (Å²) in [4.78, 5) is 38.4. The van der Waals surface area contributed by atoms with Gasteiger partial charge >= 0.3 is 11.9 Å². The third-order valence-corrected chi connectivity index (χ3v) is 11.3. The summed E-state index contributed by atoms with van der Waals surface area (Å²) in [5.74, 6) is -1.02. The van der Waals surface area contributed by atoms with E-state index in [0.717, 1.165) is 60.0 Å². The number of unbranched alkanes of at least 4 members (excludes halogenated alkanes) is 2. The van der Waals surface area contributed by atoms with Crippen LogP contribution in [-0.4, -0.2) is 55.1 Å². The van der Waals surface area contributed by atoms with Crippen molar-refractivity contribution in [3.8, 4) is 0 Å². The first-order chi connectivity index (χ1) is 28.7. The van der Waals surface area contributed by atoms with Gasteiger partial charge in [-0.15, -0.1) is 0 Å². The minimum atomic E-state index is -0.831. The fourth-order valence-corrected chi connectivity index (χ4v) is 7.73. The number of rotatable bonds is 22. The average Bonchev–Trinajstić information content (AvgIpc) is 3.17. The predicted octanol–water partition coefficient (Wildman–Crippen LogP) is 9.74. The highest BCUT2D eigenvalue weighted by Gasteiger charge is 2.40. The quantitative estimate of drug-likeness (QED) is 0.0470. The average molecular weight is 839 g/mol. The molecule has 8 N–H and O–H groups in total. The summed E-state index contributed by atoms with van der Waals surface area (Å²) in [5.41, 5.74) is 31.2. The minimum absolute atomic E-state index is 0.133. The fraction of sp³-hybridized carbons (Fsp3) is 0.519. The molecule has 61 heavy (non-hydrogen) atoms. The summed E-state index contributed by atoms with van der Waals surface area (Å²) in [6.07, 6.45) is 34.1. The number of Topliss-reactive ketones (excluding diaryl/α,β-unsaturated/α-hetero) is 1. The van der Waals surface area contributed by atoms with Crippen molar-refractivity contribution in [3.63, 3.8) is 0 Å². The lowest BCUT2D eigenvalue weighted by atomic mass is 9.71. The summed E-state index contributed by atoms with van der Waals surface area (Å²) in [6, 6.07) is -1.35. The molecule has 0 radical (unpaired) electrons. The van der Waals surface area contributed by atoms with E-state index in [1.807, 2.05) is 43.4 Å². The minimum Gasteiger partial charge on any atom is -0.461 e. The number of allylic oxidation sites excluding steroid dienone is 20. The molecule has 336 valence electrons. The molecule has 9 heteroatoms. The largest absolute Gasteiger partial charge is 0.461 e. The summed E-state index contributed by atoms with van der Waals surface area (Å²) < 4.78 is 11.5. The van der Waals surface area contributed by atoms with Gasteiger partial charge in [-0.05, 0) is 114 Å². The Morgan fingerprint density at radius 3 is 1.54 bits per heavy atom. The smallest absolute Gasteiger partial charge is 0.323 e. The van der Waals surface area contributed by atoms with Gasteiger partial charge in [0, 0.05) is 12.8 Å². The summed E-state index contributed by atoms with van der Waals surface area (Å²) in [7, 11) is 0. The van der Waals surface area contributed by atoms with Crippen molar-refractivity contribution in [3.05, 3.63) is 130 Å². The Balaban J connectivity index is 1.94. The number of ketones is 1. The number of carbonyl (C=O) groups excluding carboxylic acids is 3. The topological polar surface area (TPSA) is 174 Å². The van der Waals surface area contributed by atoms with E-state index in [4.69, 9.17) is 32.4 Å². The van der Waals surface area contributed by atoms with Crippen molar-refractivity contribution in [1.29, 1.82) is 0 Å². The van der Waals surface area contributed by atoms with E-state index in [0.29, 0.717) is 44.3 Å². The zero-order valence-corrected chi connectivity index (χ0v) is 39.0. The molecule has 0 amide bonds. The number of ether oxygens (including phenoxy) is 2. The normalized spacial score (nSPS) is 21.8. The number of esters is 2. The maximum Gasteiger partial charge on any atom is 0.323 e. The van der Waals surface area contributed by atoms with Crippen molar-refractivity contribution < 1.29 is 23.9 Å². The number of hydrogen-bond donors (Lipinski definition) is 4. The van der Waals surface area contributed by atoms with E-state index in [-0.39, 0.29) is 28.7 Å². The molecule has 0 bridgehead atoms. The third kappa shape index (κ3) is 18.6. The van der Waals surface area contributed by atoms with Crippen molar-refractivity contribution >= 4 is 17.7 Å². The van der Waals surface area contributed by atoms with Crippen LogP contribution in [0.1, 0.15) is 127 Å². The van der Waals surface area contributed by atoms with Crippen LogP contribution in [0.15, 0.2) is 130 Å². The van der Waals surface area contributed by atoms with Crippen molar-refractivity contribution in [1.82, 2.24) is 0 Å². The van der Waals surface area contributed by atoms with E-state index < -0.39 is 24.2 Å². The van der Waals surface area contributed by atoms with E-state index in [2.05, 4.69) is 104 Å². The first kappa shape index (κ1) is 52.7. The van der Waals surface area contributed by atoms with Gasteiger partial charge in [-0.3, -0.25) is 14.4 Å². The molecule has 0 saturated heterocycles. The highest BCUT2D eigenvalue weighted by atomic mass is 16.6. The molecule has 0 aliphatic heterocycles. The standard InChI is InChI=1S/C52H78N4O5/c1-36(21-17-23-38(3)27-29-43-40(5)33-42(34-51(43,7)8)60-49(58)45(55)25-13-15-31-53)19-11-12-20-37(2)22-18-24-39(4)28-30-44-41(6)48(57)47(35-52(44,9)10)61-50(59)46(56)26-14-16-32-54/h11-12,17-24,27-30,42,45-47H,13-16,25-26,31-35,53-56H2,1-10H3/b12-11+,21-17+,22-18+,29-27+,30-28+,36-19+,37-20+,38-23+,39-24+. The predicted molar refractivity (Wildman–Crippen MR) is 254 cm³/mol.